The number of carboxylic acids is 1. The Morgan fingerprint density at radius 1 is 0.855 bits per heavy atom. The van der Waals surface area contributed by atoms with E-state index in [1.165, 1.54) is 59.4 Å². The molecule has 24 heteroatoms. The number of nitrogens with zero attached hydrogens (tertiary/aromatic N) is 6. The van der Waals surface area contributed by atoms with Gasteiger partial charge in [0.1, 0.15) is 22.0 Å². The van der Waals surface area contributed by atoms with E-state index in [9.17, 15) is 28.0 Å². The van der Waals surface area contributed by atoms with Gasteiger partial charge >= 0.3 is 23.8 Å². The molecule has 0 aliphatic rings. The lowest BCUT2D eigenvalue weighted by molar-refractivity contribution is -0.603. The number of hydrogen-bond donors (Lipinski definition) is 8. The van der Waals surface area contributed by atoms with E-state index in [0.29, 0.717) is 29.8 Å². The molecule has 0 fully saturated rings. The van der Waals surface area contributed by atoms with Crippen LogP contribution < -0.4 is 20.9 Å². The summed E-state index contributed by atoms with van der Waals surface area (Å²) in [6, 6.07) is 19.5. The number of anilines is 5. The SMILES string of the molecule is Nc1c(SOOO)cc2cc(SOOO)cc(O)c2c1N=Nc1ccc(Nc2nc(Nc3ccccc3)nc(-[n+]3cccc(C(=O)O)c3)n2)cc1S(=O)(=O)O. The standard InChI is InChI=1S/C31H23N9O12S3/c32-26-23(54-52-50-45)12-17-11-20(53-51-49-44)14-22(41)25(17)27(26)39-38-21-9-8-19(13-24(21)55(46,47)48)34-30-35-29(33-18-6-2-1-3-7-18)36-31(37-30)40-10-4-5-16(15-40)28(42)43/h1-15H,32H2,(H6-,33,34,35,36,37,41,42,43,44,45,46,47,48)/p+1. The van der Waals surface area contributed by atoms with Crippen molar-refractivity contribution in [3.05, 3.63) is 96.8 Å². The topological polar surface area (TPSA) is 307 Å². The van der Waals surface area contributed by atoms with Gasteiger partial charge in [-0.15, -0.1) is 23.9 Å². The van der Waals surface area contributed by atoms with Crippen LogP contribution in [0, 0.1) is 0 Å². The van der Waals surface area contributed by atoms with Crippen LogP contribution in [0.3, 0.4) is 0 Å². The molecule has 0 spiro atoms. The minimum Gasteiger partial charge on any atom is -0.507 e. The van der Waals surface area contributed by atoms with Gasteiger partial charge in [0, 0.05) is 16.3 Å². The Morgan fingerprint density at radius 2 is 1.56 bits per heavy atom. The Bertz CT molecular complexity index is 2540. The number of fused-ring (bicyclic) bond motifs is 1. The van der Waals surface area contributed by atoms with Gasteiger partial charge in [0.15, 0.2) is 0 Å². The fourth-order valence-electron chi connectivity index (χ4n) is 4.87. The normalized spacial score (nSPS) is 11.6. The first-order valence-corrected chi connectivity index (χ1v) is 17.9. The fourth-order valence-corrected chi connectivity index (χ4v) is 6.43. The Labute approximate surface area is 316 Å². The van der Waals surface area contributed by atoms with Crippen LogP contribution in [0.25, 0.3) is 16.7 Å². The number of phenols is 1. The highest BCUT2D eigenvalue weighted by atomic mass is 32.2. The van der Waals surface area contributed by atoms with Gasteiger partial charge in [0.2, 0.25) is 0 Å². The number of aromatic hydroxyl groups is 1. The second-order valence-electron chi connectivity index (χ2n) is 10.7. The maximum atomic E-state index is 12.6. The molecule has 0 atom stereocenters. The molecule has 2 aromatic heterocycles. The highest BCUT2D eigenvalue weighted by molar-refractivity contribution is 7.95. The van der Waals surface area contributed by atoms with Crippen LogP contribution in [-0.4, -0.2) is 54.6 Å². The Hall–Kier alpha value is -6.06. The maximum Gasteiger partial charge on any atom is 0.444 e. The molecule has 282 valence electrons. The highest BCUT2D eigenvalue weighted by Gasteiger charge is 2.23. The number of aromatic nitrogens is 4. The van der Waals surface area contributed by atoms with Crippen molar-refractivity contribution in [1.82, 2.24) is 15.0 Å². The number of pyridine rings is 1. The number of aromatic carboxylic acids is 1. The summed E-state index contributed by atoms with van der Waals surface area (Å²) in [5.74, 6) is -1.66. The van der Waals surface area contributed by atoms with Crippen molar-refractivity contribution in [2.75, 3.05) is 16.4 Å². The minimum absolute atomic E-state index is 0.0103. The summed E-state index contributed by atoms with van der Waals surface area (Å²) < 4.78 is 45.8. The third-order valence-corrected chi connectivity index (χ3v) is 9.25. The van der Waals surface area contributed by atoms with Crippen LogP contribution in [0.4, 0.5) is 40.3 Å². The van der Waals surface area contributed by atoms with Gasteiger partial charge < -0.3 is 26.6 Å². The van der Waals surface area contributed by atoms with Crippen LogP contribution in [0.1, 0.15) is 10.4 Å². The fraction of sp³-hybridized carbons (Fsp3) is 0. The first-order chi connectivity index (χ1) is 26.4. The van der Waals surface area contributed by atoms with E-state index in [-0.39, 0.29) is 66.7 Å². The lowest BCUT2D eigenvalue weighted by Gasteiger charge is -2.12. The molecule has 21 nitrogen and oxygen atoms in total. The second-order valence-corrected chi connectivity index (χ2v) is 13.6. The van der Waals surface area contributed by atoms with Gasteiger partial charge in [-0.1, -0.05) is 28.3 Å². The van der Waals surface area contributed by atoms with Crippen LogP contribution in [0.2, 0.25) is 0 Å². The van der Waals surface area contributed by atoms with E-state index < -0.39 is 26.7 Å². The second kappa shape index (κ2) is 17.0. The summed E-state index contributed by atoms with van der Waals surface area (Å²) >= 11 is 1.01. The zero-order valence-corrected chi connectivity index (χ0v) is 29.7. The average molecular weight is 811 g/mol. The Kier molecular flexibility index (Phi) is 11.9. The number of nitrogen functional groups attached to an aromatic ring is 1. The van der Waals surface area contributed by atoms with Gasteiger partial charge in [-0.05, 0) is 76.0 Å². The highest BCUT2D eigenvalue weighted by Crippen LogP contribution is 2.46. The predicted octanol–water partition coefficient (Wildman–Crippen LogP) is 6.29. The van der Waals surface area contributed by atoms with E-state index in [1.807, 2.05) is 6.07 Å². The molecule has 2 heterocycles. The molecule has 4 aromatic carbocycles. The molecule has 9 N–H and O–H groups in total. The average Bonchev–Trinajstić information content (AvgIpc) is 3.16. The first kappa shape index (κ1) is 38.7. The summed E-state index contributed by atoms with van der Waals surface area (Å²) in [5, 5.41) is 59.2. The number of azo groups is 1. The summed E-state index contributed by atoms with van der Waals surface area (Å²) in [7, 11) is -4.98. The van der Waals surface area contributed by atoms with Gasteiger partial charge in [0.25, 0.3) is 10.1 Å². The van der Waals surface area contributed by atoms with Crippen LogP contribution >= 0.6 is 24.1 Å². The van der Waals surface area contributed by atoms with Crippen molar-refractivity contribution in [3.8, 4) is 11.7 Å². The molecule has 0 unspecified atom stereocenters. The van der Waals surface area contributed by atoms with E-state index in [2.05, 4.69) is 54.6 Å². The largest absolute Gasteiger partial charge is 0.507 e. The number of carboxylic acid groups (broad SMARTS) is 1. The third kappa shape index (κ3) is 9.37. The predicted molar refractivity (Wildman–Crippen MR) is 193 cm³/mol. The molecule has 0 radical (unpaired) electrons. The van der Waals surface area contributed by atoms with Crippen LogP contribution in [0.15, 0.2) is 116 Å². The van der Waals surface area contributed by atoms with Gasteiger partial charge in [-0.2, -0.15) is 8.42 Å². The summed E-state index contributed by atoms with van der Waals surface area (Å²) in [5.41, 5.74) is 6.23. The van der Waals surface area contributed by atoms with Crippen LogP contribution in [0.5, 0.6) is 5.75 Å². The molecule has 0 bridgehead atoms. The van der Waals surface area contributed by atoms with Crippen molar-refractivity contribution in [3.63, 3.8) is 0 Å². The third-order valence-electron chi connectivity index (χ3n) is 7.16. The van der Waals surface area contributed by atoms with Gasteiger partial charge in [-0.3, -0.25) is 4.55 Å². The number of para-hydroxylation sites is 1. The molecule has 0 saturated carbocycles. The molecular weight excluding hydrogens is 787 g/mol. The van der Waals surface area contributed by atoms with Crippen molar-refractivity contribution in [2.24, 2.45) is 10.2 Å². The number of hydrogen-bond acceptors (Lipinski definition) is 20. The quantitative estimate of drug-likeness (QED) is 0.0107. The molecule has 0 saturated heterocycles. The molecule has 0 aliphatic heterocycles. The Morgan fingerprint density at radius 3 is 2.25 bits per heavy atom. The van der Waals surface area contributed by atoms with Crippen molar-refractivity contribution in [1.29, 1.82) is 0 Å². The molecule has 55 heavy (non-hydrogen) atoms. The molecule has 0 aliphatic carbocycles. The van der Waals surface area contributed by atoms with E-state index in [1.54, 1.807) is 24.3 Å². The zero-order valence-electron chi connectivity index (χ0n) is 27.2. The Balaban J connectivity index is 1.40. The van der Waals surface area contributed by atoms with Crippen molar-refractivity contribution >= 4 is 91.3 Å². The lowest BCUT2D eigenvalue weighted by Crippen LogP contribution is -2.34. The zero-order chi connectivity index (χ0) is 39.1. The molecule has 6 aromatic rings. The van der Waals surface area contributed by atoms with E-state index in [4.69, 9.17) is 16.2 Å². The van der Waals surface area contributed by atoms with E-state index >= 15 is 0 Å². The van der Waals surface area contributed by atoms with Gasteiger partial charge in [0.05, 0.1) is 58.0 Å². The molecular formula is C31H24N9O12S3+. The molecule has 6 rings (SSSR count). The number of rotatable bonds is 15. The van der Waals surface area contributed by atoms with Crippen molar-refractivity contribution in [2.45, 2.75) is 14.7 Å². The number of benzene rings is 4. The summed E-state index contributed by atoms with van der Waals surface area (Å²) in [6.45, 7) is 0. The molecule has 0 amide bonds. The number of carbonyl (C=O) groups is 1. The first-order valence-electron chi connectivity index (χ1n) is 15.0. The summed E-state index contributed by atoms with van der Waals surface area (Å²) in [4.78, 5) is 24.4. The van der Waals surface area contributed by atoms with Gasteiger partial charge in [-0.25, -0.2) is 19.9 Å². The monoisotopic (exact) mass is 810 g/mol. The van der Waals surface area contributed by atoms with Crippen molar-refractivity contribution < 1.29 is 61.8 Å². The lowest BCUT2D eigenvalue weighted by atomic mass is 10.1. The minimum atomic E-state index is -4.98. The number of phenolic OH excluding ortho intramolecular Hbond substituents is 1. The van der Waals surface area contributed by atoms with E-state index in [0.717, 1.165) is 6.07 Å². The number of nitrogens with one attached hydrogen (secondary N) is 2. The summed E-state index contributed by atoms with van der Waals surface area (Å²) in [6.07, 6.45) is 2.81. The number of nitrogens with two attached hydrogens (primary N) is 1. The van der Waals surface area contributed by atoms with Crippen LogP contribution in [-0.2, 0) is 28.9 Å². The smallest absolute Gasteiger partial charge is 0.444 e. The maximum absolute atomic E-state index is 12.6.